The fourth-order valence-electron chi connectivity index (χ4n) is 1.18. The predicted octanol–water partition coefficient (Wildman–Crippen LogP) is 0.126. The second-order valence-corrected chi connectivity index (χ2v) is 3.29. The molecule has 5 heteroatoms. The Morgan fingerprint density at radius 3 is 3.14 bits per heavy atom. The first kappa shape index (κ1) is 11.1. The fourth-order valence-corrected chi connectivity index (χ4v) is 1.18. The molecule has 0 bridgehead atoms. The van der Waals surface area contributed by atoms with Crippen LogP contribution >= 0.6 is 0 Å². The smallest absolute Gasteiger partial charge is 0.0964 e. The lowest BCUT2D eigenvalue weighted by atomic mass is 10.3. The quantitative estimate of drug-likeness (QED) is 0.609. The molecule has 80 valence electrons. The van der Waals surface area contributed by atoms with E-state index in [9.17, 15) is 0 Å². The minimum absolute atomic E-state index is 0.603. The van der Waals surface area contributed by atoms with Crippen LogP contribution in [0.15, 0.2) is 6.20 Å². The van der Waals surface area contributed by atoms with Gasteiger partial charge in [-0.2, -0.15) is 0 Å². The molecule has 1 rings (SSSR count). The zero-order chi connectivity index (χ0) is 10.2. The molecule has 0 saturated heterocycles. The summed E-state index contributed by atoms with van der Waals surface area (Å²) < 4.78 is 1.77. The molecule has 1 heterocycles. The Morgan fingerprint density at radius 2 is 2.43 bits per heavy atom. The maximum absolute atomic E-state index is 5.41. The van der Waals surface area contributed by atoms with Crippen LogP contribution in [0.4, 0.5) is 0 Å². The number of nitrogens with zero attached hydrogens (tertiary/aromatic N) is 3. The Morgan fingerprint density at radius 1 is 1.57 bits per heavy atom. The molecule has 1 aromatic rings. The molecular formula is C9H19N5. The van der Waals surface area contributed by atoms with E-state index >= 15 is 0 Å². The number of hydrogen-bond donors (Lipinski definition) is 2. The van der Waals surface area contributed by atoms with E-state index in [4.69, 9.17) is 5.73 Å². The summed E-state index contributed by atoms with van der Waals surface area (Å²) in [5.74, 6) is 0. The van der Waals surface area contributed by atoms with Gasteiger partial charge in [0.15, 0.2) is 0 Å². The van der Waals surface area contributed by atoms with Crippen LogP contribution in [0.2, 0.25) is 0 Å². The van der Waals surface area contributed by atoms with Crippen molar-refractivity contribution in [3.05, 3.63) is 11.9 Å². The molecule has 0 spiro atoms. The van der Waals surface area contributed by atoms with Gasteiger partial charge in [-0.1, -0.05) is 18.6 Å². The van der Waals surface area contributed by atoms with E-state index in [0.717, 1.165) is 25.3 Å². The van der Waals surface area contributed by atoms with Gasteiger partial charge < -0.3 is 11.1 Å². The number of rotatable bonds is 7. The molecule has 0 atom stereocenters. The Bertz CT molecular complexity index is 245. The molecular weight excluding hydrogens is 178 g/mol. The highest BCUT2D eigenvalue weighted by Gasteiger charge is 1.98. The van der Waals surface area contributed by atoms with Crippen LogP contribution < -0.4 is 11.1 Å². The van der Waals surface area contributed by atoms with Gasteiger partial charge in [0.2, 0.25) is 0 Å². The normalized spacial score (nSPS) is 10.7. The second-order valence-electron chi connectivity index (χ2n) is 3.29. The van der Waals surface area contributed by atoms with Gasteiger partial charge in [-0.3, -0.25) is 4.68 Å². The third kappa shape index (κ3) is 3.85. The fraction of sp³-hybridized carbons (Fsp3) is 0.778. The first-order chi connectivity index (χ1) is 6.86. The third-order valence-corrected chi connectivity index (χ3v) is 1.96. The van der Waals surface area contributed by atoms with Crippen molar-refractivity contribution in [1.29, 1.82) is 0 Å². The highest BCUT2D eigenvalue weighted by Crippen LogP contribution is 1.92. The maximum atomic E-state index is 5.41. The highest BCUT2D eigenvalue weighted by atomic mass is 15.4. The van der Waals surface area contributed by atoms with Gasteiger partial charge in [0, 0.05) is 19.3 Å². The van der Waals surface area contributed by atoms with E-state index < -0.39 is 0 Å². The lowest BCUT2D eigenvalue weighted by Crippen LogP contribution is -2.14. The molecule has 0 saturated carbocycles. The Hall–Kier alpha value is -0.940. The summed E-state index contributed by atoms with van der Waals surface area (Å²) in [7, 11) is 0. The summed E-state index contributed by atoms with van der Waals surface area (Å²) in [6.07, 6.45) is 4.36. The zero-order valence-electron chi connectivity index (χ0n) is 8.74. The summed E-state index contributed by atoms with van der Waals surface area (Å²) in [4.78, 5) is 0. The van der Waals surface area contributed by atoms with Gasteiger partial charge in [-0.05, 0) is 13.0 Å². The molecule has 0 aliphatic rings. The van der Waals surface area contributed by atoms with E-state index in [1.54, 1.807) is 4.68 Å². The molecule has 0 radical (unpaired) electrons. The summed E-state index contributed by atoms with van der Waals surface area (Å²) >= 11 is 0. The molecule has 0 aromatic carbocycles. The molecule has 14 heavy (non-hydrogen) atoms. The van der Waals surface area contributed by atoms with Crippen LogP contribution in [0, 0.1) is 0 Å². The third-order valence-electron chi connectivity index (χ3n) is 1.96. The maximum Gasteiger partial charge on any atom is 0.0964 e. The van der Waals surface area contributed by atoms with E-state index in [0.29, 0.717) is 6.54 Å². The van der Waals surface area contributed by atoms with E-state index in [-0.39, 0.29) is 0 Å². The van der Waals surface area contributed by atoms with Crippen molar-refractivity contribution in [1.82, 2.24) is 20.3 Å². The van der Waals surface area contributed by atoms with Crippen molar-refractivity contribution in [2.45, 2.75) is 32.9 Å². The highest BCUT2D eigenvalue weighted by molar-refractivity contribution is 4.91. The number of nitrogens with two attached hydrogens (primary N) is 1. The second kappa shape index (κ2) is 6.50. The molecule has 5 nitrogen and oxygen atoms in total. The number of unbranched alkanes of at least 4 members (excludes halogenated alkanes) is 1. The molecule has 3 N–H and O–H groups in total. The average Bonchev–Trinajstić information content (AvgIpc) is 2.61. The molecule has 0 aliphatic heterocycles. The van der Waals surface area contributed by atoms with E-state index in [1.165, 1.54) is 12.8 Å². The summed E-state index contributed by atoms with van der Waals surface area (Å²) in [5, 5.41) is 11.3. The van der Waals surface area contributed by atoms with E-state index in [1.807, 2.05) is 6.20 Å². The van der Waals surface area contributed by atoms with Crippen molar-refractivity contribution >= 4 is 0 Å². The van der Waals surface area contributed by atoms with Gasteiger partial charge in [0.1, 0.15) is 0 Å². The summed E-state index contributed by atoms with van der Waals surface area (Å²) in [5.41, 5.74) is 6.39. The Kier molecular flexibility index (Phi) is 5.17. The van der Waals surface area contributed by atoms with Crippen molar-refractivity contribution in [2.75, 3.05) is 13.1 Å². The molecule has 1 aromatic heterocycles. The van der Waals surface area contributed by atoms with Crippen LogP contribution in [0.25, 0.3) is 0 Å². The molecule has 0 amide bonds. The minimum atomic E-state index is 0.603. The average molecular weight is 197 g/mol. The van der Waals surface area contributed by atoms with Crippen LogP contribution in [0.1, 0.15) is 25.5 Å². The van der Waals surface area contributed by atoms with Crippen LogP contribution in [-0.2, 0) is 13.1 Å². The Balaban J connectivity index is 2.22. The summed E-state index contributed by atoms with van der Waals surface area (Å²) in [6.45, 7) is 5.36. The molecule has 0 fully saturated rings. The number of nitrogens with one attached hydrogen (secondary N) is 1. The zero-order valence-corrected chi connectivity index (χ0v) is 8.74. The number of aromatic nitrogens is 3. The van der Waals surface area contributed by atoms with Gasteiger partial charge in [0.05, 0.1) is 12.2 Å². The predicted molar refractivity (Wildman–Crippen MR) is 55.7 cm³/mol. The topological polar surface area (TPSA) is 68.8 Å². The van der Waals surface area contributed by atoms with Crippen LogP contribution in [0.5, 0.6) is 0 Å². The van der Waals surface area contributed by atoms with E-state index in [2.05, 4.69) is 22.6 Å². The Labute approximate surface area is 84.7 Å². The van der Waals surface area contributed by atoms with Gasteiger partial charge >= 0.3 is 0 Å². The van der Waals surface area contributed by atoms with Gasteiger partial charge in [-0.15, -0.1) is 5.10 Å². The lowest BCUT2D eigenvalue weighted by Gasteiger charge is -1.99. The largest absolute Gasteiger partial charge is 0.329 e. The minimum Gasteiger partial charge on any atom is -0.329 e. The first-order valence-electron chi connectivity index (χ1n) is 5.16. The lowest BCUT2D eigenvalue weighted by molar-refractivity contribution is 0.597. The number of hydrogen-bond acceptors (Lipinski definition) is 4. The standard InChI is InChI=1S/C9H19N5/c1-2-3-5-11-7-9-8-14(6-4-10)13-12-9/h8,11H,2-7,10H2,1H3. The van der Waals surface area contributed by atoms with Crippen LogP contribution in [0.3, 0.4) is 0 Å². The first-order valence-corrected chi connectivity index (χ1v) is 5.16. The molecule has 0 unspecified atom stereocenters. The summed E-state index contributed by atoms with van der Waals surface area (Å²) in [6, 6.07) is 0. The monoisotopic (exact) mass is 197 g/mol. The van der Waals surface area contributed by atoms with Gasteiger partial charge in [-0.25, -0.2) is 0 Å². The SMILES string of the molecule is CCCCNCc1cn(CCN)nn1. The molecule has 0 aliphatic carbocycles. The van der Waals surface area contributed by atoms with Crippen LogP contribution in [-0.4, -0.2) is 28.1 Å². The van der Waals surface area contributed by atoms with Crippen molar-refractivity contribution in [3.63, 3.8) is 0 Å². The van der Waals surface area contributed by atoms with Crippen molar-refractivity contribution in [3.8, 4) is 0 Å². The van der Waals surface area contributed by atoms with Crippen molar-refractivity contribution < 1.29 is 0 Å². The van der Waals surface area contributed by atoms with Gasteiger partial charge in [0.25, 0.3) is 0 Å². The van der Waals surface area contributed by atoms with Crippen molar-refractivity contribution in [2.24, 2.45) is 5.73 Å².